The van der Waals surface area contributed by atoms with Crippen molar-refractivity contribution in [1.29, 1.82) is 0 Å². The Kier molecular flexibility index (Phi) is 5.48. The molecule has 28 heavy (non-hydrogen) atoms. The monoisotopic (exact) mass is 396 g/mol. The molecule has 1 atom stereocenters. The van der Waals surface area contributed by atoms with Gasteiger partial charge >= 0.3 is 0 Å². The summed E-state index contributed by atoms with van der Waals surface area (Å²) in [6.07, 6.45) is 3.43. The molecule has 2 aromatic heterocycles. The van der Waals surface area contributed by atoms with E-state index in [0.717, 1.165) is 17.8 Å². The van der Waals surface area contributed by atoms with Gasteiger partial charge in [0.05, 0.1) is 18.7 Å². The first-order chi connectivity index (χ1) is 13.7. The third kappa shape index (κ3) is 4.45. The molecule has 8 heteroatoms. The molecule has 1 saturated heterocycles. The van der Waals surface area contributed by atoms with Crippen LogP contribution in [0.1, 0.15) is 22.8 Å². The zero-order chi connectivity index (χ0) is 19.3. The van der Waals surface area contributed by atoms with Gasteiger partial charge in [-0.15, -0.1) is 10.2 Å². The number of aryl methyl sites for hydroxylation is 2. The maximum absolute atomic E-state index is 12.5. The van der Waals surface area contributed by atoms with Crippen LogP contribution in [0.4, 0.5) is 5.13 Å². The van der Waals surface area contributed by atoms with E-state index < -0.39 is 0 Å². The molecule has 1 aliphatic rings. The van der Waals surface area contributed by atoms with Crippen LogP contribution in [0.2, 0.25) is 0 Å². The van der Waals surface area contributed by atoms with E-state index in [-0.39, 0.29) is 24.2 Å². The number of carbonyl (C=O) groups is 2. The first-order valence-electron chi connectivity index (χ1n) is 9.15. The van der Waals surface area contributed by atoms with Crippen molar-refractivity contribution in [1.82, 2.24) is 15.1 Å². The Morgan fingerprint density at radius 2 is 2.04 bits per heavy atom. The lowest BCUT2D eigenvalue weighted by atomic mass is 10.1. The summed E-state index contributed by atoms with van der Waals surface area (Å²) in [7, 11) is 0. The highest BCUT2D eigenvalue weighted by Crippen LogP contribution is 2.23. The van der Waals surface area contributed by atoms with E-state index in [9.17, 15) is 9.59 Å². The Balaban J connectivity index is 1.29. The van der Waals surface area contributed by atoms with Crippen molar-refractivity contribution in [2.75, 3.05) is 11.9 Å². The maximum Gasteiger partial charge on any atom is 0.231 e. The third-order valence-electron chi connectivity index (χ3n) is 4.68. The van der Waals surface area contributed by atoms with Crippen molar-refractivity contribution in [3.8, 4) is 0 Å². The highest BCUT2D eigenvalue weighted by atomic mass is 32.1. The summed E-state index contributed by atoms with van der Waals surface area (Å²) in [5.74, 6) is 0.0825. The lowest BCUT2D eigenvalue weighted by molar-refractivity contribution is -0.128. The van der Waals surface area contributed by atoms with Crippen LogP contribution in [-0.4, -0.2) is 33.5 Å². The average Bonchev–Trinajstić information content (AvgIpc) is 3.44. The summed E-state index contributed by atoms with van der Waals surface area (Å²) in [5, 5.41) is 12.4. The SMILES string of the molecule is O=C(Nc1nnc(CCc2ccccc2)s1)C1CC(=O)N(Cc2ccco2)C1. The Morgan fingerprint density at radius 1 is 1.18 bits per heavy atom. The number of nitrogens with zero attached hydrogens (tertiary/aromatic N) is 3. The molecule has 2 amide bonds. The molecule has 0 spiro atoms. The Labute approximate surface area is 166 Å². The van der Waals surface area contributed by atoms with Crippen LogP contribution in [0, 0.1) is 5.92 Å². The molecule has 4 rings (SSSR count). The second-order valence-electron chi connectivity index (χ2n) is 6.73. The maximum atomic E-state index is 12.5. The van der Waals surface area contributed by atoms with Gasteiger partial charge in [-0.1, -0.05) is 41.7 Å². The van der Waals surface area contributed by atoms with E-state index in [0.29, 0.717) is 24.0 Å². The van der Waals surface area contributed by atoms with Crippen LogP contribution < -0.4 is 5.32 Å². The van der Waals surface area contributed by atoms with Gasteiger partial charge in [0.15, 0.2) is 0 Å². The molecule has 3 aromatic rings. The minimum absolute atomic E-state index is 0.0441. The number of amides is 2. The van der Waals surface area contributed by atoms with Gasteiger partial charge in [-0.05, 0) is 24.1 Å². The fraction of sp³-hybridized carbons (Fsp3) is 0.300. The topological polar surface area (TPSA) is 88.3 Å². The van der Waals surface area contributed by atoms with Gasteiger partial charge in [-0.2, -0.15) is 0 Å². The third-order valence-corrected chi connectivity index (χ3v) is 5.58. The first-order valence-corrected chi connectivity index (χ1v) is 9.96. The van der Waals surface area contributed by atoms with Gasteiger partial charge in [-0.3, -0.25) is 9.59 Å². The van der Waals surface area contributed by atoms with Crippen molar-refractivity contribution >= 4 is 28.3 Å². The quantitative estimate of drug-likeness (QED) is 0.663. The Morgan fingerprint density at radius 3 is 2.82 bits per heavy atom. The normalized spacial score (nSPS) is 16.5. The fourth-order valence-electron chi connectivity index (χ4n) is 3.20. The van der Waals surface area contributed by atoms with Crippen LogP contribution in [0.3, 0.4) is 0 Å². The zero-order valence-corrected chi connectivity index (χ0v) is 16.0. The van der Waals surface area contributed by atoms with Gasteiger partial charge in [0.2, 0.25) is 16.9 Å². The fourth-order valence-corrected chi connectivity index (χ4v) is 3.94. The number of hydrogen-bond acceptors (Lipinski definition) is 6. The van der Waals surface area contributed by atoms with Crippen LogP contribution in [-0.2, 0) is 29.0 Å². The molecule has 0 saturated carbocycles. The molecule has 0 radical (unpaired) electrons. The number of carbonyl (C=O) groups excluding carboxylic acids is 2. The molecule has 1 N–H and O–H groups in total. The van der Waals surface area contributed by atoms with Gasteiger partial charge < -0.3 is 14.6 Å². The van der Waals surface area contributed by atoms with E-state index in [2.05, 4.69) is 27.6 Å². The number of rotatable bonds is 7. The van der Waals surface area contributed by atoms with E-state index in [4.69, 9.17) is 4.42 Å². The van der Waals surface area contributed by atoms with Gasteiger partial charge in [-0.25, -0.2) is 0 Å². The summed E-state index contributed by atoms with van der Waals surface area (Å²) < 4.78 is 5.28. The van der Waals surface area contributed by atoms with Crippen molar-refractivity contribution < 1.29 is 14.0 Å². The molecular formula is C20H20N4O3S. The standard InChI is InChI=1S/C20H20N4O3S/c25-18-11-15(12-24(18)13-16-7-4-10-27-16)19(26)21-20-23-22-17(28-20)9-8-14-5-2-1-3-6-14/h1-7,10,15H,8-9,11-13H2,(H,21,23,26). The first kappa shape index (κ1) is 18.4. The van der Waals surface area contributed by atoms with Crippen LogP contribution in [0.15, 0.2) is 53.1 Å². The van der Waals surface area contributed by atoms with Gasteiger partial charge in [0.25, 0.3) is 0 Å². The van der Waals surface area contributed by atoms with Gasteiger partial charge in [0, 0.05) is 19.4 Å². The number of anilines is 1. The van der Waals surface area contributed by atoms with Crippen molar-refractivity contribution in [2.45, 2.75) is 25.8 Å². The summed E-state index contributed by atoms with van der Waals surface area (Å²) in [6, 6.07) is 13.8. The number of aromatic nitrogens is 2. The molecule has 3 heterocycles. The molecule has 1 fully saturated rings. The minimum Gasteiger partial charge on any atom is -0.467 e. The largest absolute Gasteiger partial charge is 0.467 e. The number of furan rings is 1. The molecule has 1 aromatic carbocycles. The van der Waals surface area contributed by atoms with E-state index in [1.54, 1.807) is 17.2 Å². The molecule has 0 bridgehead atoms. The minimum atomic E-state index is -0.390. The highest BCUT2D eigenvalue weighted by Gasteiger charge is 2.35. The second-order valence-corrected chi connectivity index (χ2v) is 7.79. The number of benzene rings is 1. The molecule has 7 nitrogen and oxygen atoms in total. The van der Waals surface area contributed by atoms with Crippen molar-refractivity contribution in [3.05, 3.63) is 65.1 Å². The summed E-state index contributed by atoms with van der Waals surface area (Å²) >= 11 is 1.38. The second kappa shape index (κ2) is 8.35. The molecule has 0 aliphatic carbocycles. The molecule has 144 valence electrons. The number of nitrogens with one attached hydrogen (secondary N) is 1. The lowest BCUT2D eigenvalue weighted by Gasteiger charge is -2.14. The van der Waals surface area contributed by atoms with Crippen LogP contribution >= 0.6 is 11.3 Å². The number of likely N-dealkylation sites (tertiary alicyclic amines) is 1. The molecule has 1 aliphatic heterocycles. The summed E-state index contributed by atoms with van der Waals surface area (Å²) in [6.45, 7) is 0.767. The summed E-state index contributed by atoms with van der Waals surface area (Å²) in [4.78, 5) is 26.3. The lowest BCUT2D eigenvalue weighted by Crippen LogP contribution is -2.27. The Hall–Kier alpha value is -3.00. The zero-order valence-electron chi connectivity index (χ0n) is 15.2. The smallest absolute Gasteiger partial charge is 0.231 e. The Bertz CT molecular complexity index is 940. The van der Waals surface area contributed by atoms with Crippen molar-refractivity contribution in [3.63, 3.8) is 0 Å². The van der Waals surface area contributed by atoms with Crippen LogP contribution in [0.25, 0.3) is 0 Å². The molecular weight excluding hydrogens is 376 g/mol. The predicted molar refractivity (Wildman–Crippen MR) is 105 cm³/mol. The summed E-state index contributed by atoms with van der Waals surface area (Å²) in [5.41, 5.74) is 1.24. The van der Waals surface area contributed by atoms with Crippen molar-refractivity contribution in [2.24, 2.45) is 5.92 Å². The van der Waals surface area contributed by atoms with Gasteiger partial charge in [0.1, 0.15) is 10.8 Å². The average molecular weight is 396 g/mol. The van der Waals surface area contributed by atoms with E-state index >= 15 is 0 Å². The molecule has 1 unspecified atom stereocenters. The number of hydrogen-bond donors (Lipinski definition) is 1. The van der Waals surface area contributed by atoms with E-state index in [1.165, 1.54) is 16.9 Å². The highest BCUT2D eigenvalue weighted by molar-refractivity contribution is 7.15. The predicted octanol–water partition coefficient (Wildman–Crippen LogP) is 2.90. The van der Waals surface area contributed by atoms with Crippen LogP contribution in [0.5, 0.6) is 0 Å². The van der Waals surface area contributed by atoms with E-state index in [1.807, 2.05) is 24.3 Å².